The Balaban J connectivity index is 1.96. The van der Waals surface area contributed by atoms with E-state index in [4.69, 9.17) is 9.57 Å². The number of oxime groups is 1. The van der Waals surface area contributed by atoms with Gasteiger partial charge in [0.15, 0.2) is 5.84 Å². The summed E-state index contributed by atoms with van der Waals surface area (Å²) in [6.07, 6.45) is -0.240. The molecule has 0 bridgehead atoms. The molecule has 1 atom stereocenters. The molecule has 0 amide bonds. The monoisotopic (exact) mass is 310 g/mol. The Hall–Kier alpha value is -2.49. The highest BCUT2D eigenvalue weighted by Crippen LogP contribution is 2.36. The topological polar surface area (TPSA) is 34.1 Å². The maximum atomic E-state index is 5.79. The van der Waals surface area contributed by atoms with Crippen molar-refractivity contribution in [2.75, 3.05) is 7.11 Å². The van der Waals surface area contributed by atoms with E-state index in [9.17, 15) is 0 Å². The average Bonchev–Trinajstić information content (AvgIpc) is 3.01. The van der Waals surface area contributed by atoms with Gasteiger partial charge in [-0.25, -0.2) is 0 Å². The van der Waals surface area contributed by atoms with Crippen LogP contribution >= 0.6 is 0 Å². The second-order valence-corrected chi connectivity index (χ2v) is 6.55. The molecule has 0 N–H and O–H groups in total. The van der Waals surface area contributed by atoms with Crippen LogP contribution in [0.2, 0.25) is 0 Å². The van der Waals surface area contributed by atoms with Crippen molar-refractivity contribution in [2.24, 2.45) is 5.16 Å². The first kappa shape index (κ1) is 15.4. The molecule has 0 saturated carbocycles. The quantitative estimate of drug-likeness (QED) is 0.852. The number of hydrogen-bond acceptors (Lipinski definition) is 4. The fourth-order valence-corrected chi connectivity index (χ4v) is 2.73. The molecule has 0 aromatic heterocycles. The number of benzene rings is 2. The second kappa shape index (κ2) is 5.95. The summed E-state index contributed by atoms with van der Waals surface area (Å²) in [5, 5.41) is 4.37. The van der Waals surface area contributed by atoms with Crippen molar-refractivity contribution in [2.45, 2.75) is 32.5 Å². The van der Waals surface area contributed by atoms with Gasteiger partial charge >= 0.3 is 0 Å². The highest BCUT2D eigenvalue weighted by Gasteiger charge is 2.39. The zero-order valence-corrected chi connectivity index (χ0v) is 14.0. The van der Waals surface area contributed by atoms with E-state index in [2.05, 4.69) is 43.0 Å². The summed E-state index contributed by atoms with van der Waals surface area (Å²) in [5.41, 5.74) is 1.98. The normalized spacial score (nSPS) is 17.7. The molecule has 4 heteroatoms. The lowest BCUT2D eigenvalue weighted by Crippen LogP contribution is -2.45. The van der Waals surface area contributed by atoms with Crippen molar-refractivity contribution in [3.05, 3.63) is 65.7 Å². The van der Waals surface area contributed by atoms with Gasteiger partial charge in [-0.2, -0.15) is 0 Å². The molecule has 1 aliphatic rings. The van der Waals surface area contributed by atoms with Gasteiger partial charge in [0.2, 0.25) is 6.23 Å². The molecule has 1 heterocycles. The lowest BCUT2D eigenvalue weighted by molar-refractivity contribution is -0.0238. The van der Waals surface area contributed by atoms with E-state index >= 15 is 0 Å². The van der Waals surface area contributed by atoms with Crippen LogP contribution in [0.4, 0.5) is 0 Å². The minimum Gasteiger partial charge on any atom is -0.497 e. The Labute approximate surface area is 137 Å². The maximum Gasteiger partial charge on any atom is 0.227 e. The molecule has 2 aromatic rings. The van der Waals surface area contributed by atoms with Crippen LogP contribution in [0, 0.1) is 0 Å². The van der Waals surface area contributed by atoms with Gasteiger partial charge < -0.3 is 14.5 Å². The van der Waals surface area contributed by atoms with E-state index in [1.165, 1.54) is 0 Å². The van der Waals surface area contributed by atoms with Crippen LogP contribution in [0.15, 0.2) is 59.8 Å². The largest absolute Gasteiger partial charge is 0.497 e. The Bertz CT molecular complexity index is 688. The summed E-state index contributed by atoms with van der Waals surface area (Å²) in [7, 11) is 1.67. The molecule has 0 aliphatic carbocycles. The third kappa shape index (κ3) is 3.02. The lowest BCUT2D eigenvalue weighted by Gasteiger charge is -2.37. The number of rotatable bonds is 3. The third-order valence-electron chi connectivity index (χ3n) is 3.86. The minimum atomic E-state index is -0.240. The zero-order chi connectivity index (χ0) is 16.4. The van der Waals surface area contributed by atoms with Crippen molar-refractivity contribution >= 4 is 5.84 Å². The molecule has 0 fully saturated rings. The molecule has 3 rings (SSSR count). The molecule has 1 aliphatic heterocycles. The number of ether oxygens (including phenoxy) is 1. The van der Waals surface area contributed by atoms with Crippen LogP contribution in [-0.2, 0) is 4.84 Å². The van der Waals surface area contributed by atoms with Crippen LogP contribution in [0.1, 0.15) is 38.1 Å². The highest BCUT2D eigenvalue weighted by atomic mass is 16.7. The SMILES string of the molecule is COc1ccc(C2ON=C(c3ccccc3)N2C(C)(C)C)cc1. The summed E-state index contributed by atoms with van der Waals surface area (Å²) < 4.78 is 5.23. The van der Waals surface area contributed by atoms with Crippen molar-refractivity contribution in [3.8, 4) is 5.75 Å². The predicted molar refractivity (Wildman–Crippen MR) is 91.4 cm³/mol. The van der Waals surface area contributed by atoms with Gasteiger partial charge in [-0.05, 0) is 45.0 Å². The average molecular weight is 310 g/mol. The standard InChI is InChI=1S/C19H22N2O2/c1-19(2,3)21-17(14-8-6-5-7-9-14)20-23-18(21)15-10-12-16(22-4)13-11-15/h5-13,18H,1-4H3. The zero-order valence-electron chi connectivity index (χ0n) is 14.0. The number of hydrogen-bond donors (Lipinski definition) is 0. The van der Waals surface area contributed by atoms with Crippen LogP contribution in [-0.4, -0.2) is 23.4 Å². The van der Waals surface area contributed by atoms with Crippen molar-refractivity contribution in [1.82, 2.24) is 4.90 Å². The molecule has 120 valence electrons. The number of methoxy groups -OCH3 is 1. The van der Waals surface area contributed by atoms with E-state index in [0.29, 0.717) is 0 Å². The molecular formula is C19H22N2O2. The van der Waals surface area contributed by atoms with E-state index in [1.54, 1.807) is 7.11 Å². The Morgan fingerprint density at radius 3 is 2.22 bits per heavy atom. The number of nitrogens with zero attached hydrogens (tertiary/aromatic N) is 2. The van der Waals surface area contributed by atoms with Crippen LogP contribution in [0.25, 0.3) is 0 Å². The maximum absolute atomic E-state index is 5.79. The summed E-state index contributed by atoms with van der Waals surface area (Å²) in [4.78, 5) is 8.00. The highest BCUT2D eigenvalue weighted by molar-refractivity contribution is 5.99. The van der Waals surface area contributed by atoms with Gasteiger partial charge in [-0.3, -0.25) is 0 Å². The molecule has 0 saturated heterocycles. The van der Waals surface area contributed by atoms with Gasteiger partial charge in [0.25, 0.3) is 0 Å². The fourth-order valence-electron chi connectivity index (χ4n) is 2.73. The third-order valence-corrected chi connectivity index (χ3v) is 3.86. The van der Waals surface area contributed by atoms with Gasteiger partial charge in [0.1, 0.15) is 5.75 Å². The Morgan fingerprint density at radius 2 is 1.65 bits per heavy atom. The second-order valence-electron chi connectivity index (χ2n) is 6.55. The number of amidine groups is 1. The van der Waals surface area contributed by atoms with Gasteiger partial charge in [0.05, 0.1) is 7.11 Å². The summed E-state index contributed by atoms with van der Waals surface area (Å²) >= 11 is 0. The Morgan fingerprint density at radius 1 is 1.00 bits per heavy atom. The first-order valence-corrected chi connectivity index (χ1v) is 7.73. The minimum absolute atomic E-state index is 0.129. The van der Waals surface area contributed by atoms with Gasteiger partial charge in [-0.1, -0.05) is 35.5 Å². The lowest BCUT2D eigenvalue weighted by atomic mass is 10.0. The first-order chi connectivity index (χ1) is 11.0. The molecule has 23 heavy (non-hydrogen) atoms. The van der Waals surface area contributed by atoms with Crippen molar-refractivity contribution in [1.29, 1.82) is 0 Å². The first-order valence-electron chi connectivity index (χ1n) is 7.73. The predicted octanol–water partition coefficient (Wildman–Crippen LogP) is 4.19. The molecule has 0 spiro atoms. The van der Waals surface area contributed by atoms with Gasteiger partial charge in [0, 0.05) is 16.7 Å². The molecule has 2 aromatic carbocycles. The van der Waals surface area contributed by atoms with Crippen molar-refractivity contribution < 1.29 is 9.57 Å². The molecular weight excluding hydrogens is 288 g/mol. The van der Waals surface area contributed by atoms with E-state index in [-0.39, 0.29) is 11.8 Å². The summed E-state index contributed by atoms with van der Waals surface area (Å²) in [5.74, 6) is 1.69. The Kier molecular flexibility index (Phi) is 3.99. The molecule has 4 nitrogen and oxygen atoms in total. The van der Waals surface area contributed by atoms with Gasteiger partial charge in [-0.15, -0.1) is 0 Å². The fraction of sp³-hybridized carbons (Fsp3) is 0.316. The van der Waals surface area contributed by atoms with E-state index in [1.807, 2.05) is 42.5 Å². The van der Waals surface area contributed by atoms with E-state index in [0.717, 1.165) is 22.7 Å². The van der Waals surface area contributed by atoms with E-state index < -0.39 is 0 Å². The van der Waals surface area contributed by atoms with Crippen LogP contribution in [0.5, 0.6) is 5.75 Å². The van der Waals surface area contributed by atoms with Crippen molar-refractivity contribution in [3.63, 3.8) is 0 Å². The van der Waals surface area contributed by atoms with Crippen LogP contribution < -0.4 is 4.74 Å². The molecule has 0 radical (unpaired) electrons. The molecule has 1 unspecified atom stereocenters. The van der Waals surface area contributed by atoms with Crippen LogP contribution in [0.3, 0.4) is 0 Å². The smallest absolute Gasteiger partial charge is 0.227 e. The summed E-state index contributed by atoms with van der Waals surface area (Å²) in [6, 6.07) is 18.1. The summed E-state index contributed by atoms with van der Waals surface area (Å²) in [6.45, 7) is 6.49.